The zero-order valence-electron chi connectivity index (χ0n) is 23.4. The molecule has 4 N–H and O–H groups in total. The molecule has 0 spiro atoms. The molecule has 5 fully saturated rings. The van der Waals surface area contributed by atoms with Crippen molar-refractivity contribution in [2.45, 2.75) is 101 Å². The molecule has 1 saturated carbocycles. The second-order valence-electron chi connectivity index (χ2n) is 12.5. The van der Waals surface area contributed by atoms with Gasteiger partial charge < -0.3 is 14.8 Å². The molecule has 1 aliphatic carbocycles. The van der Waals surface area contributed by atoms with E-state index in [0.717, 1.165) is 44.6 Å². The van der Waals surface area contributed by atoms with Crippen LogP contribution in [0.4, 0.5) is 0 Å². The van der Waals surface area contributed by atoms with Crippen molar-refractivity contribution in [2.24, 2.45) is 11.8 Å². The van der Waals surface area contributed by atoms with E-state index < -0.39 is 0 Å². The van der Waals surface area contributed by atoms with Crippen LogP contribution in [0.3, 0.4) is 0 Å². The Morgan fingerprint density at radius 2 is 1.84 bits per heavy atom. The van der Waals surface area contributed by atoms with E-state index in [4.69, 9.17) is 9.47 Å². The smallest absolute Gasteiger partial charge is 0.123 e. The number of benzene rings is 1. The summed E-state index contributed by atoms with van der Waals surface area (Å²) in [6, 6.07) is 7.38. The first-order chi connectivity index (χ1) is 18.6. The molecule has 4 aliphatic heterocycles. The molecule has 4 heterocycles. The maximum absolute atomic E-state index is 7.00. The van der Waals surface area contributed by atoms with Crippen LogP contribution in [-0.4, -0.2) is 74.2 Å². The van der Waals surface area contributed by atoms with Crippen molar-refractivity contribution >= 4 is 11.9 Å². The summed E-state index contributed by atoms with van der Waals surface area (Å²) in [6.45, 7) is 10.8. The van der Waals surface area contributed by atoms with Crippen LogP contribution in [0.15, 0.2) is 18.2 Å². The fourth-order valence-corrected chi connectivity index (χ4v) is 8.79. The van der Waals surface area contributed by atoms with Crippen molar-refractivity contribution in [3.05, 3.63) is 34.9 Å². The molecule has 7 nitrogen and oxygen atoms in total. The Labute approximate surface area is 234 Å². The van der Waals surface area contributed by atoms with E-state index in [0.29, 0.717) is 11.3 Å². The lowest BCUT2D eigenvalue weighted by molar-refractivity contribution is -0.0810. The van der Waals surface area contributed by atoms with Gasteiger partial charge in [0.15, 0.2) is 0 Å². The number of aryl methyl sites for hydroxylation is 2. The molecule has 5 aliphatic rings. The molecule has 4 bridgehead atoms. The standard InChI is InChI=1S/C30H49N5O2S/c1-20-5-3-6-21(2)29(20)25-16-28-33-30(32-25)34-38-24-8-4-7-23(15-24)19-35(26-17-31-18-27(26)37-28)12-9-22-10-13-36-14-11-22/h3,5-6,22-28,30-34H,4,7-19H2,1-2H3/t23?,24?,25?,26-,27-,28?,30?/m1/s1. The maximum atomic E-state index is 7.00. The SMILES string of the molecule is Cc1cccc(C)c1C1CC2NC(NSC3CCCC(C3)CN(CCC3CCOCC3)[C@@H]3CNC[C@H]3O2)N1. The highest BCUT2D eigenvalue weighted by atomic mass is 32.2. The molecule has 8 heteroatoms. The fraction of sp³-hybridized carbons (Fsp3) is 0.800. The quantitative estimate of drug-likeness (QED) is 0.428. The van der Waals surface area contributed by atoms with Gasteiger partial charge in [-0.05, 0) is 87.4 Å². The average Bonchev–Trinajstić information content (AvgIpc) is 3.38. The normalized spacial score (nSPS) is 37.6. The fourth-order valence-electron chi connectivity index (χ4n) is 7.67. The second kappa shape index (κ2) is 12.9. The van der Waals surface area contributed by atoms with Crippen molar-refractivity contribution in [3.8, 4) is 0 Å². The Morgan fingerprint density at radius 3 is 2.68 bits per heavy atom. The van der Waals surface area contributed by atoms with Gasteiger partial charge in [-0.15, -0.1) is 0 Å². The first kappa shape index (κ1) is 27.5. The van der Waals surface area contributed by atoms with Crippen LogP contribution < -0.4 is 20.7 Å². The zero-order valence-corrected chi connectivity index (χ0v) is 24.2. The summed E-state index contributed by atoms with van der Waals surface area (Å²) >= 11 is 1.96. The molecule has 212 valence electrons. The highest BCUT2D eigenvalue weighted by molar-refractivity contribution is 7.98. The number of rotatable bonds is 4. The first-order valence-electron chi connectivity index (χ1n) is 15.3. The van der Waals surface area contributed by atoms with Crippen molar-refractivity contribution in [1.82, 2.24) is 25.6 Å². The lowest BCUT2D eigenvalue weighted by Crippen LogP contribution is -2.62. The van der Waals surface area contributed by atoms with Crippen LogP contribution >= 0.6 is 11.9 Å². The van der Waals surface area contributed by atoms with Crippen LogP contribution in [0.1, 0.15) is 74.1 Å². The van der Waals surface area contributed by atoms with E-state index in [9.17, 15) is 0 Å². The molecular weight excluding hydrogens is 494 g/mol. The Balaban J connectivity index is 1.23. The number of nitrogens with one attached hydrogen (secondary N) is 4. The van der Waals surface area contributed by atoms with E-state index in [1.165, 1.54) is 74.7 Å². The molecule has 0 radical (unpaired) electrons. The van der Waals surface area contributed by atoms with Crippen LogP contribution in [0.25, 0.3) is 0 Å². The Hall–Kier alpha value is -0.710. The minimum absolute atomic E-state index is 0.0169. The highest BCUT2D eigenvalue weighted by Crippen LogP contribution is 2.35. The van der Waals surface area contributed by atoms with Gasteiger partial charge in [0.2, 0.25) is 0 Å². The Kier molecular flexibility index (Phi) is 9.29. The van der Waals surface area contributed by atoms with Crippen LogP contribution in [0, 0.1) is 25.7 Å². The minimum atomic E-state index is 0.0169. The average molecular weight is 544 g/mol. The number of hydrogen-bond donors (Lipinski definition) is 4. The summed E-state index contributed by atoms with van der Waals surface area (Å²) < 4.78 is 16.4. The van der Waals surface area contributed by atoms with Crippen molar-refractivity contribution < 1.29 is 9.47 Å². The summed E-state index contributed by atoms with van der Waals surface area (Å²) in [5, 5.41) is 12.1. The van der Waals surface area contributed by atoms with Gasteiger partial charge in [-0.1, -0.05) is 36.6 Å². The maximum Gasteiger partial charge on any atom is 0.123 e. The van der Waals surface area contributed by atoms with Crippen molar-refractivity contribution in [2.75, 3.05) is 39.4 Å². The lowest BCUT2D eigenvalue weighted by atomic mass is 9.87. The molecule has 4 saturated heterocycles. The zero-order chi connectivity index (χ0) is 25.9. The van der Waals surface area contributed by atoms with Gasteiger partial charge in [-0.25, -0.2) is 4.72 Å². The van der Waals surface area contributed by atoms with Crippen molar-refractivity contribution in [3.63, 3.8) is 0 Å². The van der Waals surface area contributed by atoms with Crippen LogP contribution in [-0.2, 0) is 9.47 Å². The van der Waals surface area contributed by atoms with E-state index in [2.05, 4.69) is 57.6 Å². The Bertz CT molecular complexity index is 894. The summed E-state index contributed by atoms with van der Waals surface area (Å²) in [4.78, 5) is 2.84. The van der Waals surface area contributed by atoms with Crippen molar-refractivity contribution in [1.29, 1.82) is 0 Å². The molecular formula is C30H49N5O2S. The first-order valence-corrected chi connectivity index (χ1v) is 16.2. The summed E-state index contributed by atoms with van der Waals surface area (Å²) in [6.07, 6.45) is 10.3. The predicted octanol–water partition coefficient (Wildman–Crippen LogP) is 3.82. The molecule has 0 aromatic heterocycles. The summed E-state index contributed by atoms with van der Waals surface area (Å²) in [5.41, 5.74) is 4.16. The van der Waals surface area contributed by atoms with Crippen LogP contribution in [0.5, 0.6) is 0 Å². The molecule has 6 rings (SSSR count). The van der Waals surface area contributed by atoms with E-state index in [1.807, 2.05) is 11.9 Å². The van der Waals surface area contributed by atoms with E-state index in [1.54, 1.807) is 0 Å². The van der Waals surface area contributed by atoms with Gasteiger partial charge in [-0.2, -0.15) is 0 Å². The van der Waals surface area contributed by atoms with Crippen LogP contribution in [0.2, 0.25) is 0 Å². The number of ether oxygens (including phenoxy) is 2. The number of hydrogen-bond acceptors (Lipinski definition) is 8. The predicted molar refractivity (Wildman–Crippen MR) is 155 cm³/mol. The second-order valence-corrected chi connectivity index (χ2v) is 13.6. The van der Waals surface area contributed by atoms with Gasteiger partial charge in [-0.3, -0.25) is 15.5 Å². The van der Waals surface area contributed by atoms with E-state index >= 15 is 0 Å². The van der Waals surface area contributed by atoms with Gasteiger partial charge in [0.1, 0.15) is 12.5 Å². The monoisotopic (exact) mass is 543 g/mol. The summed E-state index contributed by atoms with van der Waals surface area (Å²) in [7, 11) is 0. The minimum Gasteiger partial charge on any atom is -0.381 e. The van der Waals surface area contributed by atoms with Gasteiger partial charge >= 0.3 is 0 Å². The topological polar surface area (TPSA) is 69.8 Å². The molecule has 0 amide bonds. The number of fused-ring (bicyclic) bond motifs is 5. The molecule has 38 heavy (non-hydrogen) atoms. The largest absolute Gasteiger partial charge is 0.381 e. The third-order valence-electron chi connectivity index (χ3n) is 9.74. The molecule has 5 unspecified atom stereocenters. The third-order valence-corrected chi connectivity index (χ3v) is 10.9. The van der Waals surface area contributed by atoms with Gasteiger partial charge in [0.05, 0.1) is 6.10 Å². The number of nitrogens with zero attached hydrogens (tertiary/aromatic N) is 1. The lowest BCUT2D eigenvalue weighted by Gasteiger charge is -2.41. The molecule has 7 atom stereocenters. The molecule has 1 aromatic rings. The van der Waals surface area contributed by atoms with Gasteiger partial charge in [0.25, 0.3) is 0 Å². The third kappa shape index (κ3) is 6.60. The highest BCUT2D eigenvalue weighted by Gasteiger charge is 2.39. The summed E-state index contributed by atoms with van der Waals surface area (Å²) in [5.74, 6) is 1.59. The Morgan fingerprint density at radius 1 is 1.00 bits per heavy atom. The van der Waals surface area contributed by atoms with Gasteiger partial charge in [0, 0.05) is 56.6 Å². The van der Waals surface area contributed by atoms with E-state index in [-0.39, 0.29) is 24.7 Å². The molecule has 1 aromatic carbocycles.